The Labute approximate surface area is 128 Å². The molecule has 0 unspecified atom stereocenters. The van der Waals surface area contributed by atoms with Gasteiger partial charge in [0, 0.05) is 11.6 Å². The molecule has 0 spiro atoms. The number of aromatic nitrogens is 1. The monoisotopic (exact) mass is 321 g/mol. The fourth-order valence-electron chi connectivity index (χ4n) is 2.04. The minimum Gasteiger partial charge on any atom is -0.480 e. The average molecular weight is 322 g/mol. The summed E-state index contributed by atoms with van der Waals surface area (Å²) in [5.74, 6) is -1.39. The first kappa shape index (κ1) is 14.3. The normalized spacial score (nSPS) is 10.8. The maximum atomic E-state index is 13.9. The first-order valence-electron chi connectivity index (χ1n) is 6.24. The smallest absolute Gasteiger partial charge is 0.341 e. The topological polar surface area (TPSA) is 72.6 Å². The second-order valence-corrected chi connectivity index (χ2v) is 4.88. The molecule has 3 aromatic rings. The molecular formula is C15H9ClFNO4. The molecule has 1 N–H and O–H groups in total. The van der Waals surface area contributed by atoms with Gasteiger partial charge in [0.25, 0.3) is 0 Å². The van der Waals surface area contributed by atoms with E-state index in [1.807, 2.05) is 0 Å². The SMILES string of the molecule is O=C(O)COc1cc2onc(-c3ccccc3F)c2cc1Cl. The largest absolute Gasteiger partial charge is 0.480 e. The predicted molar refractivity (Wildman–Crippen MR) is 77.5 cm³/mol. The Kier molecular flexibility index (Phi) is 3.68. The minimum atomic E-state index is -1.12. The van der Waals surface area contributed by atoms with Crippen LogP contribution in [-0.2, 0) is 4.79 Å². The zero-order valence-electron chi connectivity index (χ0n) is 11.0. The molecule has 0 saturated carbocycles. The molecule has 5 nitrogen and oxygen atoms in total. The van der Waals surface area contributed by atoms with E-state index in [9.17, 15) is 9.18 Å². The summed E-state index contributed by atoms with van der Waals surface area (Å²) in [6.45, 7) is -0.528. The lowest BCUT2D eigenvalue weighted by Crippen LogP contribution is -2.09. The van der Waals surface area contributed by atoms with Crippen molar-refractivity contribution in [3.63, 3.8) is 0 Å². The van der Waals surface area contributed by atoms with Gasteiger partial charge in [-0.25, -0.2) is 9.18 Å². The molecule has 1 aromatic heterocycles. The maximum Gasteiger partial charge on any atom is 0.341 e. The molecule has 0 aliphatic rings. The van der Waals surface area contributed by atoms with Crippen LogP contribution in [0.15, 0.2) is 40.9 Å². The number of carbonyl (C=O) groups is 1. The van der Waals surface area contributed by atoms with Crippen LogP contribution in [0.3, 0.4) is 0 Å². The van der Waals surface area contributed by atoms with E-state index in [-0.39, 0.29) is 16.3 Å². The summed E-state index contributed by atoms with van der Waals surface area (Å²) < 4.78 is 24.1. The third-order valence-corrected chi connectivity index (χ3v) is 3.30. The number of carboxylic acid groups (broad SMARTS) is 1. The number of benzene rings is 2. The van der Waals surface area contributed by atoms with Gasteiger partial charge in [-0.05, 0) is 18.2 Å². The lowest BCUT2D eigenvalue weighted by molar-refractivity contribution is -0.139. The lowest BCUT2D eigenvalue weighted by atomic mass is 10.1. The van der Waals surface area contributed by atoms with Crippen LogP contribution in [0, 0.1) is 5.82 Å². The lowest BCUT2D eigenvalue weighted by Gasteiger charge is -2.05. The van der Waals surface area contributed by atoms with Gasteiger partial charge in [0.05, 0.1) is 10.4 Å². The van der Waals surface area contributed by atoms with E-state index >= 15 is 0 Å². The van der Waals surface area contributed by atoms with Crippen LogP contribution in [0.4, 0.5) is 4.39 Å². The van der Waals surface area contributed by atoms with Crippen molar-refractivity contribution < 1.29 is 23.6 Å². The molecular weight excluding hydrogens is 313 g/mol. The van der Waals surface area contributed by atoms with Crippen molar-refractivity contribution >= 4 is 28.5 Å². The van der Waals surface area contributed by atoms with Crippen LogP contribution in [0.5, 0.6) is 5.75 Å². The maximum absolute atomic E-state index is 13.9. The van der Waals surface area contributed by atoms with Crippen molar-refractivity contribution in [1.29, 1.82) is 0 Å². The highest BCUT2D eigenvalue weighted by Crippen LogP contribution is 2.36. The fraction of sp³-hybridized carbons (Fsp3) is 0.0667. The Morgan fingerprint density at radius 2 is 2.14 bits per heavy atom. The molecule has 2 aromatic carbocycles. The zero-order chi connectivity index (χ0) is 15.7. The Morgan fingerprint density at radius 1 is 1.36 bits per heavy atom. The summed E-state index contributed by atoms with van der Waals surface area (Å²) in [4.78, 5) is 10.5. The molecule has 0 aliphatic heterocycles. The third-order valence-electron chi connectivity index (χ3n) is 3.00. The molecule has 0 radical (unpaired) electrons. The summed E-state index contributed by atoms with van der Waals surface area (Å²) >= 11 is 6.06. The number of aliphatic carboxylic acids is 1. The first-order chi connectivity index (χ1) is 10.6. The Bertz CT molecular complexity index is 862. The van der Waals surface area contributed by atoms with Gasteiger partial charge in [0.1, 0.15) is 17.3 Å². The molecule has 3 rings (SSSR count). The van der Waals surface area contributed by atoms with Crippen molar-refractivity contribution in [1.82, 2.24) is 5.16 Å². The van der Waals surface area contributed by atoms with E-state index in [0.29, 0.717) is 16.7 Å². The second-order valence-electron chi connectivity index (χ2n) is 4.47. The van der Waals surface area contributed by atoms with Gasteiger partial charge in [-0.2, -0.15) is 0 Å². The van der Waals surface area contributed by atoms with E-state index < -0.39 is 18.4 Å². The highest BCUT2D eigenvalue weighted by Gasteiger charge is 2.17. The number of hydrogen-bond donors (Lipinski definition) is 1. The average Bonchev–Trinajstić information content (AvgIpc) is 2.88. The van der Waals surface area contributed by atoms with Crippen molar-refractivity contribution in [2.24, 2.45) is 0 Å². The van der Waals surface area contributed by atoms with E-state index in [1.54, 1.807) is 18.2 Å². The van der Waals surface area contributed by atoms with Crippen molar-refractivity contribution in [3.05, 3.63) is 47.2 Å². The van der Waals surface area contributed by atoms with Gasteiger partial charge in [0.15, 0.2) is 12.2 Å². The van der Waals surface area contributed by atoms with E-state index in [1.165, 1.54) is 18.2 Å². The van der Waals surface area contributed by atoms with Gasteiger partial charge in [0.2, 0.25) is 0 Å². The number of hydrogen-bond acceptors (Lipinski definition) is 4. The van der Waals surface area contributed by atoms with Crippen molar-refractivity contribution in [3.8, 4) is 17.0 Å². The Morgan fingerprint density at radius 3 is 2.86 bits per heavy atom. The molecule has 112 valence electrons. The Hall–Kier alpha value is -2.60. The van der Waals surface area contributed by atoms with Crippen LogP contribution in [-0.4, -0.2) is 22.8 Å². The number of fused-ring (bicyclic) bond motifs is 1. The van der Waals surface area contributed by atoms with Crippen molar-refractivity contribution in [2.45, 2.75) is 0 Å². The molecule has 0 fully saturated rings. The molecule has 0 bridgehead atoms. The standard InChI is InChI=1S/C15H9ClFNO4/c16-10-5-9-12(6-13(10)21-7-14(19)20)22-18-15(9)8-3-1-2-4-11(8)17/h1-6H,7H2,(H,19,20). The predicted octanol–water partition coefficient (Wildman–Crippen LogP) is 3.75. The molecule has 0 atom stereocenters. The molecule has 7 heteroatoms. The second kappa shape index (κ2) is 5.65. The van der Waals surface area contributed by atoms with Gasteiger partial charge in [-0.3, -0.25) is 0 Å². The van der Waals surface area contributed by atoms with Crippen LogP contribution < -0.4 is 4.74 Å². The number of halogens is 2. The fourth-order valence-corrected chi connectivity index (χ4v) is 2.26. The van der Waals surface area contributed by atoms with E-state index in [0.717, 1.165) is 0 Å². The van der Waals surface area contributed by atoms with E-state index in [4.69, 9.17) is 26.0 Å². The first-order valence-corrected chi connectivity index (χ1v) is 6.62. The highest BCUT2D eigenvalue weighted by atomic mass is 35.5. The molecule has 0 aliphatic carbocycles. The molecule has 0 saturated heterocycles. The van der Waals surface area contributed by atoms with Crippen LogP contribution in [0.1, 0.15) is 0 Å². The molecule has 1 heterocycles. The zero-order valence-corrected chi connectivity index (χ0v) is 11.8. The quantitative estimate of drug-likeness (QED) is 0.792. The summed E-state index contributed by atoms with van der Waals surface area (Å²) in [5, 5.41) is 13.2. The van der Waals surface area contributed by atoms with Gasteiger partial charge in [-0.15, -0.1) is 0 Å². The summed E-state index contributed by atoms with van der Waals surface area (Å²) in [7, 11) is 0. The van der Waals surface area contributed by atoms with Gasteiger partial charge in [-0.1, -0.05) is 28.9 Å². The Balaban J connectivity index is 2.07. The minimum absolute atomic E-state index is 0.160. The number of ether oxygens (including phenoxy) is 1. The van der Waals surface area contributed by atoms with Crippen LogP contribution in [0.2, 0.25) is 5.02 Å². The van der Waals surface area contributed by atoms with Gasteiger partial charge >= 0.3 is 5.97 Å². The number of nitrogens with zero attached hydrogens (tertiary/aromatic N) is 1. The number of rotatable bonds is 4. The van der Waals surface area contributed by atoms with Crippen molar-refractivity contribution in [2.75, 3.05) is 6.61 Å². The molecule has 22 heavy (non-hydrogen) atoms. The highest BCUT2D eigenvalue weighted by molar-refractivity contribution is 6.33. The van der Waals surface area contributed by atoms with E-state index in [2.05, 4.69) is 5.16 Å². The summed E-state index contributed by atoms with van der Waals surface area (Å²) in [6, 6.07) is 9.10. The third kappa shape index (κ3) is 2.60. The molecule has 0 amide bonds. The van der Waals surface area contributed by atoms with Crippen LogP contribution in [0.25, 0.3) is 22.2 Å². The van der Waals surface area contributed by atoms with Crippen LogP contribution >= 0.6 is 11.6 Å². The van der Waals surface area contributed by atoms with Gasteiger partial charge < -0.3 is 14.4 Å². The summed E-state index contributed by atoms with van der Waals surface area (Å²) in [6.07, 6.45) is 0. The summed E-state index contributed by atoms with van der Waals surface area (Å²) in [5.41, 5.74) is 0.930. The number of carboxylic acids is 1.